The van der Waals surface area contributed by atoms with Crippen LogP contribution in [0.3, 0.4) is 0 Å². The van der Waals surface area contributed by atoms with Crippen molar-refractivity contribution in [3.05, 3.63) is 72.9 Å². The Morgan fingerprint density at radius 2 is 0.873 bits per heavy atom. The predicted octanol–water partition coefficient (Wildman–Crippen LogP) is 15.4. The molecule has 0 radical (unpaired) electrons. The summed E-state index contributed by atoms with van der Waals surface area (Å²) in [5, 5.41) is 0. The van der Waals surface area contributed by atoms with Gasteiger partial charge in [0.1, 0.15) is 6.61 Å². The van der Waals surface area contributed by atoms with E-state index < -0.39 is 32.5 Å². The lowest BCUT2D eigenvalue weighted by molar-refractivity contribution is -0.161. The van der Waals surface area contributed by atoms with Crippen LogP contribution in [-0.2, 0) is 32.7 Å². The van der Waals surface area contributed by atoms with Crippen molar-refractivity contribution in [2.45, 2.75) is 225 Å². The number of phosphoric acid groups is 1. The van der Waals surface area contributed by atoms with Crippen molar-refractivity contribution >= 4 is 19.8 Å². The molecule has 0 aliphatic rings. The van der Waals surface area contributed by atoms with Crippen LogP contribution in [0.5, 0.6) is 0 Å². The summed E-state index contributed by atoms with van der Waals surface area (Å²) in [4.78, 5) is 35.0. The predicted molar refractivity (Wildman–Crippen MR) is 266 cm³/mol. The molecular weight excluding hydrogens is 810 g/mol. The van der Waals surface area contributed by atoms with Gasteiger partial charge in [-0.25, -0.2) is 4.57 Å². The number of carbonyl (C=O) groups is 2. The van der Waals surface area contributed by atoms with Crippen LogP contribution in [0.2, 0.25) is 0 Å². The second-order valence-corrected chi connectivity index (χ2v) is 18.1. The van der Waals surface area contributed by atoms with Crippen LogP contribution in [0.1, 0.15) is 219 Å². The fraction of sp³-hybridized carbons (Fsp3) is 0.736. The van der Waals surface area contributed by atoms with Crippen LogP contribution >= 0.6 is 7.82 Å². The van der Waals surface area contributed by atoms with E-state index in [0.29, 0.717) is 12.8 Å². The number of nitrogens with two attached hydrogens (primary N) is 1. The quantitative estimate of drug-likeness (QED) is 0.0265. The second kappa shape index (κ2) is 48.9. The highest BCUT2D eigenvalue weighted by Gasteiger charge is 2.26. The van der Waals surface area contributed by atoms with Gasteiger partial charge in [0.15, 0.2) is 6.10 Å². The lowest BCUT2D eigenvalue weighted by Gasteiger charge is -2.19. The van der Waals surface area contributed by atoms with E-state index in [1.165, 1.54) is 89.9 Å². The number of hydrogen-bond acceptors (Lipinski definition) is 8. The van der Waals surface area contributed by atoms with Crippen LogP contribution in [0, 0.1) is 0 Å². The van der Waals surface area contributed by atoms with Gasteiger partial charge in [0, 0.05) is 19.4 Å². The SMILES string of the molecule is CC/C=C\C/C=C\C/C=C\C/C=C\CCCCCCCCCCCCCCCCCCC(=O)OC(COC(=O)CCCCCCC/C=C\C/C=C\CCC)COP(=O)(O)OCCN. The zero-order chi connectivity index (χ0) is 46.0. The van der Waals surface area contributed by atoms with Crippen LogP contribution in [0.25, 0.3) is 0 Å². The fourth-order valence-electron chi connectivity index (χ4n) is 6.84. The Morgan fingerprint density at radius 1 is 0.492 bits per heavy atom. The van der Waals surface area contributed by atoms with E-state index in [0.717, 1.165) is 89.9 Å². The smallest absolute Gasteiger partial charge is 0.462 e. The Kier molecular flexibility index (Phi) is 46.9. The number of esters is 2. The highest BCUT2D eigenvalue weighted by molar-refractivity contribution is 7.47. The molecule has 0 aliphatic carbocycles. The molecule has 0 aromatic heterocycles. The first kappa shape index (κ1) is 60.5. The summed E-state index contributed by atoms with van der Waals surface area (Å²) >= 11 is 0. The van der Waals surface area contributed by atoms with Gasteiger partial charge >= 0.3 is 19.8 Å². The summed E-state index contributed by atoms with van der Waals surface area (Å²) in [6, 6.07) is 0. The minimum Gasteiger partial charge on any atom is -0.462 e. The zero-order valence-corrected chi connectivity index (χ0v) is 41.2. The third-order valence-corrected chi connectivity index (χ3v) is 11.5. The molecule has 0 saturated heterocycles. The van der Waals surface area contributed by atoms with Gasteiger partial charge in [0.25, 0.3) is 0 Å². The molecule has 0 aromatic rings. The van der Waals surface area contributed by atoms with Gasteiger partial charge in [-0.05, 0) is 77.0 Å². The van der Waals surface area contributed by atoms with E-state index in [2.05, 4.69) is 86.8 Å². The van der Waals surface area contributed by atoms with Crippen molar-refractivity contribution in [3.8, 4) is 0 Å². The molecule has 2 atom stereocenters. The molecule has 10 heteroatoms. The highest BCUT2D eigenvalue weighted by atomic mass is 31.2. The van der Waals surface area contributed by atoms with Crippen molar-refractivity contribution in [1.82, 2.24) is 0 Å². The number of allylic oxidation sites excluding steroid dienone is 12. The number of ether oxygens (including phenoxy) is 2. The molecule has 2 unspecified atom stereocenters. The minimum atomic E-state index is -4.39. The van der Waals surface area contributed by atoms with Crippen molar-refractivity contribution in [1.29, 1.82) is 0 Å². The largest absolute Gasteiger partial charge is 0.472 e. The molecule has 0 spiro atoms. The van der Waals surface area contributed by atoms with Crippen molar-refractivity contribution in [3.63, 3.8) is 0 Å². The summed E-state index contributed by atoms with van der Waals surface area (Å²) in [7, 11) is -4.39. The molecular formula is C53H94NO8P. The summed E-state index contributed by atoms with van der Waals surface area (Å²) in [5.74, 6) is -0.844. The van der Waals surface area contributed by atoms with Crippen LogP contribution in [0.15, 0.2) is 72.9 Å². The molecule has 0 heterocycles. The molecule has 0 fully saturated rings. The maximum Gasteiger partial charge on any atom is 0.472 e. The van der Waals surface area contributed by atoms with Gasteiger partial charge in [-0.15, -0.1) is 0 Å². The molecule has 364 valence electrons. The highest BCUT2D eigenvalue weighted by Crippen LogP contribution is 2.43. The van der Waals surface area contributed by atoms with E-state index in [1.54, 1.807) is 0 Å². The Balaban J connectivity index is 3.96. The molecule has 3 N–H and O–H groups in total. The number of unbranched alkanes of at least 4 members (excludes halogenated alkanes) is 22. The topological polar surface area (TPSA) is 134 Å². The van der Waals surface area contributed by atoms with Crippen LogP contribution in [-0.4, -0.2) is 49.3 Å². The standard InChI is InChI=1S/C53H94NO8P/c1-3-5-7-9-11-13-15-17-18-19-20-21-22-23-24-25-26-27-28-29-30-31-32-34-36-38-40-42-44-46-53(56)62-51(50-61-63(57,58)60-48-47-54)49-59-52(55)45-43-41-39-37-35-33-16-14-12-10-8-6-4-2/h5,7-8,10-11,13-14,16-18,20-21,51H,3-4,6,9,12,15,19,22-50,54H2,1-2H3,(H,57,58)/b7-5-,10-8-,13-11-,16-14-,18-17-,21-20-. The maximum atomic E-state index is 12.6. The van der Waals surface area contributed by atoms with Gasteiger partial charge in [-0.2, -0.15) is 0 Å². The monoisotopic (exact) mass is 904 g/mol. The maximum absolute atomic E-state index is 12.6. The van der Waals surface area contributed by atoms with Gasteiger partial charge in [-0.3, -0.25) is 18.6 Å². The number of hydrogen-bond donors (Lipinski definition) is 2. The summed E-state index contributed by atoms with van der Waals surface area (Å²) in [5.41, 5.74) is 5.36. The Morgan fingerprint density at radius 3 is 1.30 bits per heavy atom. The van der Waals surface area contributed by atoms with E-state index in [1.807, 2.05) is 0 Å². The fourth-order valence-corrected chi connectivity index (χ4v) is 7.61. The summed E-state index contributed by atoms with van der Waals surface area (Å²) in [6.07, 6.45) is 61.0. The molecule has 0 rings (SSSR count). The van der Waals surface area contributed by atoms with E-state index >= 15 is 0 Å². The first-order valence-corrected chi connectivity index (χ1v) is 26.9. The van der Waals surface area contributed by atoms with Crippen molar-refractivity contribution < 1.29 is 37.6 Å². The molecule has 63 heavy (non-hydrogen) atoms. The van der Waals surface area contributed by atoms with Gasteiger partial charge in [-0.1, -0.05) is 202 Å². The Labute approximate surface area is 386 Å². The van der Waals surface area contributed by atoms with E-state index in [4.69, 9.17) is 24.3 Å². The molecule has 0 bridgehead atoms. The van der Waals surface area contributed by atoms with Gasteiger partial charge in [0.05, 0.1) is 13.2 Å². The Hall–Kier alpha value is -2.55. The number of phosphoric ester groups is 1. The van der Waals surface area contributed by atoms with Crippen molar-refractivity contribution in [2.75, 3.05) is 26.4 Å². The normalized spacial score (nSPS) is 13.8. The lowest BCUT2D eigenvalue weighted by atomic mass is 10.0. The molecule has 0 saturated carbocycles. The van der Waals surface area contributed by atoms with Crippen molar-refractivity contribution in [2.24, 2.45) is 5.73 Å². The average molecular weight is 904 g/mol. The van der Waals surface area contributed by atoms with Gasteiger partial charge < -0.3 is 20.1 Å². The minimum absolute atomic E-state index is 0.0495. The third-order valence-electron chi connectivity index (χ3n) is 10.6. The molecule has 0 aromatic carbocycles. The molecule has 0 aliphatic heterocycles. The number of rotatable bonds is 47. The van der Waals surface area contributed by atoms with E-state index in [-0.39, 0.29) is 32.6 Å². The summed E-state index contributed by atoms with van der Waals surface area (Å²) in [6.45, 7) is 3.55. The number of carbonyl (C=O) groups excluding carboxylic acids is 2. The average Bonchev–Trinajstić information content (AvgIpc) is 3.27. The Bertz CT molecular complexity index is 1260. The van der Waals surface area contributed by atoms with E-state index in [9.17, 15) is 19.0 Å². The third kappa shape index (κ3) is 48.7. The molecule has 9 nitrogen and oxygen atoms in total. The first-order valence-electron chi connectivity index (χ1n) is 25.4. The van der Waals surface area contributed by atoms with Crippen LogP contribution in [0.4, 0.5) is 0 Å². The summed E-state index contributed by atoms with van der Waals surface area (Å²) < 4.78 is 32.9. The lowest BCUT2D eigenvalue weighted by Crippen LogP contribution is -2.29. The first-order chi connectivity index (χ1) is 30.8. The zero-order valence-electron chi connectivity index (χ0n) is 40.3. The second-order valence-electron chi connectivity index (χ2n) is 16.7. The van der Waals surface area contributed by atoms with Gasteiger partial charge in [0.2, 0.25) is 0 Å². The molecule has 0 amide bonds. The van der Waals surface area contributed by atoms with Crippen LogP contribution < -0.4 is 5.73 Å².